The highest BCUT2D eigenvalue weighted by Gasteiger charge is 2.35. The molecule has 0 spiro atoms. The standard InChI is InChI=1S/C18H21N3OS/c1-12-2-3-14(19-10-12)16-4-5-17(23-16)18(22)20-15-11-21-8-6-13(15)7-9-21/h2-5,10,13,15H,6-9,11H2,1H3,(H,20,22)/t15-/m0/s1. The van der Waals surface area contributed by atoms with Crippen LogP contribution in [0.4, 0.5) is 0 Å². The number of nitrogens with one attached hydrogen (secondary N) is 1. The first kappa shape index (κ1) is 14.8. The summed E-state index contributed by atoms with van der Waals surface area (Å²) in [6.45, 7) is 5.42. The minimum absolute atomic E-state index is 0.0621. The summed E-state index contributed by atoms with van der Waals surface area (Å²) in [6, 6.07) is 8.28. The molecule has 5 heteroatoms. The molecule has 5 rings (SSSR count). The van der Waals surface area contributed by atoms with E-state index in [1.54, 1.807) is 0 Å². The van der Waals surface area contributed by atoms with Crippen LogP contribution in [0.25, 0.3) is 10.6 Å². The van der Waals surface area contributed by atoms with Crippen LogP contribution in [0.1, 0.15) is 28.1 Å². The van der Waals surface area contributed by atoms with Crippen LogP contribution in [0, 0.1) is 12.8 Å². The molecular formula is C18H21N3OS. The van der Waals surface area contributed by atoms with Gasteiger partial charge in [0.2, 0.25) is 0 Å². The maximum atomic E-state index is 12.5. The predicted molar refractivity (Wildman–Crippen MR) is 92.7 cm³/mol. The topological polar surface area (TPSA) is 45.2 Å². The third kappa shape index (κ3) is 3.03. The average Bonchev–Trinajstić information content (AvgIpc) is 3.07. The molecule has 2 aromatic heterocycles. The number of hydrogen-bond acceptors (Lipinski definition) is 4. The van der Waals surface area contributed by atoms with Crippen molar-refractivity contribution in [1.29, 1.82) is 0 Å². The van der Waals surface area contributed by atoms with E-state index in [0.717, 1.165) is 27.6 Å². The molecule has 4 nitrogen and oxygen atoms in total. The summed E-state index contributed by atoms with van der Waals surface area (Å²) in [4.78, 5) is 21.3. The van der Waals surface area contributed by atoms with Gasteiger partial charge in [-0.3, -0.25) is 9.78 Å². The van der Waals surface area contributed by atoms with Gasteiger partial charge in [-0.2, -0.15) is 0 Å². The average molecular weight is 327 g/mol. The van der Waals surface area contributed by atoms with Crippen LogP contribution in [0.5, 0.6) is 0 Å². The van der Waals surface area contributed by atoms with Gasteiger partial charge >= 0.3 is 0 Å². The summed E-state index contributed by atoms with van der Waals surface area (Å²) in [5.41, 5.74) is 2.08. The molecule has 1 amide bonds. The van der Waals surface area contributed by atoms with Crippen LogP contribution >= 0.6 is 11.3 Å². The van der Waals surface area contributed by atoms with Crippen molar-refractivity contribution < 1.29 is 4.79 Å². The Bertz CT molecular complexity index is 701. The monoisotopic (exact) mass is 327 g/mol. The molecule has 3 aliphatic heterocycles. The number of aryl methyl sites for hydroxylation is 1. The van der Waals surface area contributed by atoms with Crippen molar-refractivity contribution in [2.24, 2.45) is 5.92 Å². The van der Waals surface area contributed by atoms with Crippen LogP contribution in [-0.2, 0) is 0 Å². The lowest BCUT2D eigenvalue weighted by Crippen LogP contribution is -2.57. The molecule has 0 unspecified atom stereocenters. The van der Waals surface area contributed by atoms with E-state index >= 15 is 0 Å². The Morgan fingerprint density at radius 1 is 1.26 bits per heavy atom. The smallest absolute Gasteiger partial charge is 0.261 e. The van der Waals surface area contributed by atoms with Gasteiger partial charge < -0.3 is 10.2 Å². The third-order valence-electron chi connectivity index (χ3n) is 4.97. The lowest BCUT2D eigenvalue weighted by atomic mass is 9.84. The van der Waals surface area contributed by atoms with Crippen molar-refractivity contribution in [3.63, 3.8) is 0 Å². The van der Waals surface area contributed by atoms with E-state index in [2.05, 4.69) is 21.3 Å². The van der Waals surface area contributed by atoms with Gasteiger partial charge in [0.25, 0.3) is 5.91 Å². The molecule has 120 valence electrons. The maximum absolute atomic E-state index is 12.5. The minimum Gasteiger partial charge on any atom is -0.347 e. The van der Waals surface area contributed by atoms with Crippen LogP contribution in [0.2, 0.25) is 0 Å². The maximum Gasteiger partial charge on any atom is 0.261 e. The Labute approximate surface area is 140 Å². The number of fused-ring (bicyclic) bond motifs is 3. The first-order valence-electron chi connectivity index (χ1n) is 8.25. The molecule has 5 heterocycles. The highest BCUT2D eigenvalue weighted by molar-refractivity contribution is 7.17. The van der Waals surface area contributed by atoms with E-state index < -0.39 is 0 Å². The summed E-state index contributed by atoms with van der Waals surface area (Å²) < 4.78 is 0. The lowest BCUT2D eigenvalue weighted by molar-refractivity contribution is 0.0622. The Morgan fingerprint density at radius 2 is 2.09 bits per heavy atom. The fourth-order valence-corrected chi connectivity index (χ4v) is 4.47. The van der Waals surface area contributed by atoms with E-state index in [0.29, 0.717) is 12.0 Å². The minimum atomic E-state index is 0.0621. The molecule has 2 bridgehead atoms. The van der Waals surface area contributed by atoms with E-state index in [9.17, 15) is 4.79 Å². The zero-order valence-corrected chi connectivity index (χ0v) is 14.1. The van der Waals surface area contributed by atoms with Gasteiger partial charge in [0, 0.05) is 18.8 Å². The van der Waals surface area contributed by atoms with E-state index in [4.69, 9.17) is 0 Å². The quantitative estimate of drug-likeness (QED) is 0.943. The van der Waals surface area contributed by atoms with E-state index in [1.807, 2.05) is 31.3 Å². The fourth-order valence-electron chi connectivity index (χ4n) is 3.58. The molecule has 0 aliphatic carbocycles. The first-order valence-corrected chi connectivity index (χ1v) is 9.07. The molecular weight excluding hydrogens is 306 g/mol. The number of carbonyl (C=O) groups excluding carboxylic acids is 1. The van der Waals surface area contributed by atoms with Gasteiger partial charge in [-0.1, -0.05) is 6.07 Å². The van der Waals surface area contributed by atoms with Crippen molar-refractivity contribution in [2.75, 3.05) is 19.6 Å². The molecule has 3 saturated heterocycles. The second-order valence-electron chi connectivity index (χ2n) is 6.60. The second kappa shape index (κ2) is 6.06. The zero-order valence-electron chi connectivity index (χ0n) is 13.3. The van der Waals surface area contributed by atoms with Gasteiger partial charge in [-0.15, -0.1) is 11.3 Å². The Hall–Kier alpha value is -1.72. The van der Waals surface area contributed by atoms with Crippen molar-refractivity contribution in [2.45, 2.75) is 25.8 Å². The van der Waals surface area contributed by atoms with Gasteiger partial charge in [0.1, 0.15) is 0 Å². The van der Waals surface area contributed by atoms with Crippen molar-refractivity contribution in [1.82, 2.24) is 15.2 Å². The molecule has 1 N–H and O–H groups in total. The molecule has 0 radical (unpaired) electrons. The van der Waals surface area contributed by atoms with Crippen LogP contribution in [-0.4, -0.2) is 41.5 Å². The molecule has 3 fully saturated rings. The lowest BCUT2D eigenvalue weighted by Gasteiger charge is -2.44. The third-order valence-corrected chi connectivity index (χ3v) is 6.07. The van der Waals surface area contributed by atoms with Gasteiger partial charge in [-0.25, -0.2) is 0 Å². The summed E-state index contributed by atoms with van der Waals surface area (Å²) in [6.07, 6.45) is 4.30. The predicted octanol–water partition coefficient (Wildman–Crippen LogP) is 2.94. The Morgan fingerprint density at radius 3 is 2.74 bits per heavy atom. The number of nitrogens with zero attached hydrogens (tertiary/aromatic N) is 2. The SMILES string of the molecule is Cc1ccc(-c2ccc(C(=O)N[C@H]3CN4CCC3CC4)s2)nc1. The number of hydrogen-bond donors (Lipinski definition) is 1. The van der Waals surface area contributed by atoms with Crippen molar-refractivity contribution >= 4 is 17.2 Å². The van der Waals surface area contributed by atoms with Crippen LogP contribution in [0.15, 0.2) is 30.5 Å². The Kier molecular flexibility index (Phi) is 3.91. The first-order chi connectivity index (χ1) is 11.2. The second-order valence-corrected chi connectivity index (χ2v) is 7.69. The molecule has 23 heavy (non-hydrogen) atoms. The highest BCUT2D eigenvalue weighted by Crippen LogP contribution is 2.29. The number of thiophene rings is 1. The number of amides is 1. The van der Waals surface area contributed by atoms with Gasteiger partial charge in [0.15, 0.2) is 0 Å². The fraction of sp³-hybridized carbons (Fsp3) is 0.444. The molecule has 1 atom stereocenters. The zero-order chi connectivity index (χ0) is 15.8. The van der Waals surface area contributed by atoms with Gasteiger partial charge in [-0.05, 0) is 62.5 Å². The highest BCUT2D eigenvalue weighted by atomic mass is 32.1. The molecule has 0 aromatic carbocycles. The summed E-state index contributed by atoms with van der Waals surface area (Å²) in [5, 5.41) is 3.25. The number of piperidine rings is 3. The van der Waals surface area contributed by atoms with Gasteiger partial charge in [0.05, 0.1) is 15.4 Å². The number of pyridine rings is 1. The summed E-state index contributed by atoms with van der Waals surface area (Å²) in [5.74, 6) is 0.717. The number of carbonyl (C=O) groups is 1. The summed E-state index contributed by atoms with van der Waals surface area (Å²) in [7, 11) is 0. The summed E-state index contributed by atoms with van der Waals surface area (Å²) >= 11 is 1.52. The number of rotatable bonds is 3. The molecule has 2 aromatic rings. The van der Waals surface area contributed by atoms with E-state index in [1.165, 1.54) is 37.3 Å². The van der Waals surface area contributed by atoms with Crippen molar-refractivity contribution in [3.8, 4) is 10.6 Å². The van der Waals surface area contributed by atoms with Crippen LogP contribution < -0.4 is 5.32 Å². The normalized spacial score (nSPS) is 26.2. The van der Waals surface area contributed by atoms with E-state index in [-0.39, 0.29) is 5.91 Å². The molecule has 0 saturated carbocycles. The van der Waals surface area contributed by atoms with Crippen molar-refractivity contribution in [3.05, 3.63) is 40.9 Å². The number of aromatic nitrogens is 1. The largest absolute Gasteiger partial charge is 0.347 e. The molecule has 3 aliphatic rings. The van der Waals surface area contributed by atoms with Crippen LogP contribution in [0.3, 0.4) is 0 Å². The Balaban J connectivity index is 1.46.